The summed E-state index contributed by atoms with van der Waals surface area (Å²) >= 11 is 7.17. The summed E-state index contributed by atoms with van der Waals surface area (Å²) in [7, 11) is 0. The highest BCUT2D eigenvalue weighted by molar-refractivity contribution is 8.02. The number of nitrogens with zero attached hydrogens (tertiary/aromatic N) is 1. The third-order valence-corrected chi connectivity index (χ3v) is 7.32. The second-order valence-corrected chi connectivity index (χ2v) is 11.9. The molecule has 0 aromatic rings. The van der Waals surface area contributed by atoms with Gasteiger partial charge in [-0.3, -0.25) is 19.2 Å². The van der Waals surface area contributed by atoms with Crippen LogP contribution in [0.4, 0.5) is 0 Å². The smallest absolute Gasteiger partial charge is 0.325 e. The molecule has 1 saturated carbocycles. The molecule has 2 N–H and O–H groups in total. The van der Waals surface area contributed by atoms with Gasteiger partial charge in [-0.05, 0) is 47.5 Å². The molecule has 2 aliphatic rings. The Balaban J connectivity index is 2.23. The van der Waals surface area contributed by atoms with Gasteiger partial charge in [-0.1, -0.05) is 19.3 Å². The number of esters is 1. The van der Waals surface area contributed by atoms with Crippen LogP contribution in [0.5, 0.6) is 0 Å². The molecular weight excluding hydrogens is 442 g/mol. The van der Waals surface area contributed by atoms with Crippen LogP contribution in [-0.4, -0.2) is 68.8 Å². The zero-order valence-electron chi connectivity index (χ0n) is 19.0. The third-order valence-electron chi connectivity index (χ3n) is 5.35. The van der Waals surface area contributed by atoms with E-state index in [1.165, 1.54) is 0 Å². The summed E-state index contributed by atoms with van der Waals surface area (Å²) in [6, 6.07) is -0.779. The molecule has 8 nitrogen and oxygen atoms in total. The van der Waals surface area contributed by atoms with Gasteiger partial charge in [0.05, 0.1) is 11.4 Å². The summed E-state index contributed by atoms with van der Waals surface area (Å²) in [5, 5.41) is 5.17. The van der Waals surface area contributed by atoms with Gasteiger partial charge >= 0.3 is 5.97 Å². The van der Waals surface area contributed by atoms with Crippen molar-refractivity contribution in [3.8, 4) is 0 Å². The molecule has 0 unspecified atom stereocenters. The first-order valence-corrected chi connectivity index (χ1v) is 12.0. The van der Waals surface area contributed by atoms with E-state index in [1.807, 2.05) is 13.8 Å². The number of nitrogens with one attached hydrogen (secondary N) is 2. The lowest BCUT2D eigenvalue weighted by molar-refractivity contribution is -0.155. The Hall–Kier alpha value is -1.48. The molecular formula is C21H34ClN3O5S. The van der Waals surface area contributed by atoms with E-state index in [4.69, 9.17) is 16.3 Å². The molecule has 1 aliphatic heterocycles. The van der Waals surface area contributed by atoms with Gasteiger partial charge < -0.3 is 20.3 Å². The van der Waals surface area contributed by atoms with Gasteiger partial charge in [0.25, 0.3) is 0 Å². The molecule has 1 spiro atoms. The molecule has 10 heteroatoms. The molecule has 0 radical (unpaired) electrons. The average Bonchev–Trinajstić information content (AvgIpc) is 2.89. The predicted molar refractivity (Wildman–Crippen MR) is 121 cm³/mol. The normalized spacial score (nSPS) is 22.1. The molecule has 0 aromatic carbocycles. The Morgan fingerprint density at radius 3 is 2.23 bits per heavy atom. The van der Waals surface area contributed by atoms with Gasteiger partial charge in [0.1, 0.15) is 24.1 Å². The summed E-state index contributed by atoms with van der Waals surface area (Å²) in [6.45, 7) is 8.65. The lowest BCUT2D eigenvalue weighted by atomic mass is 9.90. The van der Waals surface area contributed by atoms with E-state index in [0.29, 0.717) is 0 Å². The Morgan fingerprint density at radius 1 is 1.06 bits per heavy atom. The summed E-state index contributed by atoms with van der Waals surface area (Å²) in [4.78, 5) is 51.3. The van der Waals surface area contributed by atoms with Gasteiger partial charge in [-0.15, -0.1) is 23.4 Å². The lowest BCUT2D eigenvalue weighted by Gasteiger charge is -2.42. The molecule has 1 saturated heterocycles. The maximum absolute atomic E-state index is 13.3. The number of ether oxygens (including phenoxy) is 1. The van der Waals surface area contributed by atoms with Crippen LogP contribution in [-0.2, 0) is 23.9 Å². The van der Waals surface area contributed by atoms with Crippen molar-refractivity contribution >= 4 is 47.1 Å². The summed E-state index contributed by atoms with van der Waals surface area (Å²) < 4.78 is 4.70. The molecule has 2 rings (SSSR count). The van der Waals surface area contributed by atoms with Gasteiger partial charge in [0.2, 0.25) is 17.7 Å². The molecule has 176 valence electrons. The fraction of sp³-hybridized carbons (Fsp3) is 0.810. The molecule has 1 aliphatic carbocycles. The standard InChI is InChI=1S/C21H34ClN3O5S/c1-19(2,3)30-16(28)13-24-18(29)17-20(4,5)31-21(9-7-6-8-10-21)25(17)15(27)12-23-14(26)11-22/h17H,6-13H2,1-5H3,(H,23,26)(H,24,29)/t17-/m0/s1. The maximum Gasteiger partial charge on any atom is 0.325 e. The van der Waals surface area contributed by atoms with E-state index in [-0.39, 0.29) is 24.9 Å². The molecule has 3 amide bonds. The van der Waals surface area contributed by atoms with Crippen molar-refractivity contribution in [1.82, 2.24) is 15.5 Å². The minimum absolute atomic E-state index is 0.222. The Morgan fingerprint density at radius 2 is 1.68 bits per heavy atom. The minimum Gasteiger partial charge on any atom is -0.459 e. The van der Waals surface area contributed by atoms with Crippen molar-refractivity contribution in [3.05, 3.63) is 0 Å². The first-order valence-electron chi connectivity index (χ1n) is 10.7. The van der Waals surface area contributed by atoms with E-state index >= 15 is 0 Å². The fourth-order valence-electron chi connectivity index (χ4n) is 4.33. The second-order valence-electron chi connectivity index (χ2n) is 9.59. The van der Waals surface area contributed by atoms with Crippen LogP contribution in [0.3, 0.4) is 0 Å². The third kappa shape index (κ3) is 6.51. The van der Waals surface area contributed by atoms with E-state index < -0.39 is 39.0 Å². The number of thioether (sulfide) groups is 1. The Labute approximate surface area is 193 Å². The highest BCUT2D eigenvalue weighted by Gasteiger charge is 2.60. The summed E-state index contributed by atoms with van der Waals surface area (Å²) in [6.07, 6.45) is 4.59. The fourth-order valence-corrected chi connectivity index (χ4v) is 6.53. The molecule has 1 atom stereocenters. The molecule has 0 bridgehead atoms. The first kappa shape index (κ1) is 25.8. The van der Waals surface area contributed by atoms with Gasteiger partial charge in [-0.25, -0.2) is 0 Å². The predicted octanol–water partition coefficient (Wildman–Crippen LogP) is 2.18. The van der Waals surface area contributed by atoms with Crippen LogP contribution in [0.1, 0.15) is 66.7 Å². The summed E-state index contributed by atoms with van der Waals surface area (Å²) in [5.74, 6) is -1.94. The molecule has 2 fully saturated rings. The zero-order valence-corrected chi connectivity index (χ0v) is 20.6. The van der Waals surface area contributed by atoms with E-state index in [2.05, 4.69) is 10.6 Å². The van der Waals surface area contributed by atoms with Crippen LogP contribution < -0.4 is 10.6 Å². The van der Waals surface area contributed by atoms with Gasteiger partial charge in [-0.2, -0.15) is 0 Å². The quantitative estimate of drug-likeness (QED) is 0.450. The van der Waals surface area contributed by atoms with Crippen molar-refractivity contribution in [3.63, 3.8) is 0 Å². The first-order chi connectivity index (χ1) is 14.3. The Kier molecular flexibility index (Phi) is 8.30. The topological polar surface area (TPSA) is 105 Å². The number of halogens is 1. The molecule has 31 heavy (non-hydrogen) atoms. The number of alkyl halides is 1. The van der Waals surface area contributed by atoms with Crippen LogP contribution in [0.15, 0.2) is 0 Å². The van der Waals surface area contributed by atoms with Crippen molar-refractivity contribution in [2.75, 3.05) is 19.0 Å². The monoisotopic (exact) mass is 475 g/mol. The van der Waals surface area contributed by atoms with Crippen molar-refractivity contribution in [2.24, 2.45) is 0 Å². The molecule has 1 heterocycles. The van der Waals surface area contributed by atoms with Crippen LogP contribution in [0.25, 0.3) is 0 Å². The number of hydrogen-bond acceptors (Lipinski definition) is 6. The number of amides is 3. The van der Waals surface area contributed by atoms with Crippen molar-refractivity contribution < 1.29 is 23.9 Å². The van der Waals surface area contributed by atoms with Crippen LogP contribution >= 0.6 is 23.4 Å². The summed E-state index contributed by atoms with van der Waals surface area (Å²) in [5.41, 5.74) is -0.654. The van der Waals surface area contributed by atoms with Crippen molar-refractivity contribution in [2.45, 2.75) is 88.0 Å². The molecule has 0 aromatic heterocycles. The average molecular weight is 476 g/mol. The number of carbonyl (C=O) groups is 4. The number of rotatable bonds is 6. The van der Waals surface area contributed by atoms with Gasteiger partial charge in [0.15, 0.2) is 0 Å². The maximum atomic E-state index is 13.3. The van der Waals surface area contributed by atoms with Crippen molar-refractivity contribution in [1.29, 1.82) is 0 Å². The van der Waals surface area contributed by atoms with Crippen LogP contribution in [0, 0.1) is 0 Å². The second kappa shape index (κ2) is 9.98. The number of carbonyl (C=O) groups excluding carboxylic acids is 4. The minimum atomic E-state index is -0.779. The SMILES string of the molecule is CC(C)(C)OC(=O)CNC(=O)[C@@H]1N(C(=O)CNC(=O)CCl)C2(CCCCC2)SC1(C)C. The highest BCUT2D eigenvalue weighted by atomic mass is 35.5. The van der Waals surface area contributed by atoms with E-state index in [0.717, 1.165) is 32.1 Å². The lowest BCUT2D eigenvalue weighted by Crippen LogP contribution is -2.60. The largest absolute Gasteiger partial charge is 0.459 e. The highest BCUT2D eigenvalue weighted by Crippen LogP contribution is 2.57. The zero-order chi connectivity index (χ0) is 23.4. The van der Waals surface area contributed by atoms with E-state index in [1.54, 1.807) is 37.4 Å². The van der Waals surface area contributed by atoms with Gasteiger partial charge in [0, 0.05) is 4.75 Å². The van der Waals surface area contributed by atoms with E-state index in [9.17, 15) is 19.2 Å². The Bertz CT molecular complexity index is 716. The van der Waals surface area contributed by atoms with Crippen LogP contribution in [0.2, 0.25) is 0 Å². The number of hydrogen-bond donors (Lipinski definition) is 2.